The highest BCUT2D eigenvalue weighted by atomic mass is 16.5. The molecular weight excluding hydrogens is 246 g/mol. The van der Waals surface area contributed by atoms with Crippen molar-refractivity contribution in [1.82, 2.24) is 5.32 Å². The maximum atomic E-state index is 5.65. The van der Waals surface area contributed by atoms with E-state index in [9.17, 15) is 0 Å². The predicted octanol–water partition coefficient (Wildman–Crippen LogP) is 3.51. The number of para-hydroxylation sites is 1. The van der Waals surface area contributed by atoms with Crippen molar-refractivity contribution in [2.24, 2.45) is 0 Å². The molecule has 1 unspecified atom stereocenters. The van der Waals surface area contributed by atoms with Gasteiger partial charge in [-0.2, -0.15) is 0 Å². The molecule has 1 atom stereocenters. The summed E-state index contributed by atoms with van der Waals surface area (Å²) in [5.41, 5.74) is 4.26. The van der Waals surface area contributed by atoms with Crippen LogP contribution in [0.1, 0.15) is 29.5 Å². The Morgan fingerprint density at radius 3 is 2.75 bits per heavy atom. The number of hydrogen-bond donors (Lipinski definition) is 1. The van der Waals surface area contributed by atoms with Crippen LogP contribution < -0.4 is 10.1 Å². The van der Waals surface area contributed by atoms with E-state index in [1.54, 1.807) is 0 Å². The maximum absolute atomic E-state index is 5.65. The van der Waals surface area contributed by atoms with E-state index < -0.39 is 0 Å². The van der Waals surface area contributed by atoms with E-state index in [-0.39, 0.29) is 0 Å². The molecule has 0 spiro atoms. The molecule has 1 aliphatic rings. The van der Waals surface area contributed by atoms with E-state index in [1.807, 2.05) is 19.1 Å². The molecule has 0 saturated carbocycles. The molecule has 2 aromatic carbocycles. The zero-order chi connectivity index (χ0) is 13.8. The van der Waals surface area contributed by atoms with E-state index in [2.05, 4.69) is 41.7 Å². The standard InChI is InChI=1S/C18H21NO/c1-2-20-18-10-6-4-8-15(18)12-19-13-16-11-14-7-3-5-9-17(14)16/h3-10,16,19H,2,11-13H2,1H3. The minimum absolute atomic E-state index is 0.672. The van der Waals surface area contributed by atoms with Crippen LogP contribution in [0.4, 0.5) is 0 Å². The highest BCUT2D eigenvalue weighted by molar-refractivity contribution is 5.40. The lowest BCUT2D eigenvalue weighted by molar-refractivity contribution is 0.335. The van der Waals surface area contributed by atoms with Gasteiger partial charge in [0.15, 0.2) is 0 Å². The Kier molecular flexibility index (Phi) is 4.03. The van der Waals surface area contributed by atoms with Crippen molar-refractivity contribution in [3.8, 4) is 5.75 Å². The summed E-state index contributed by atoms with van der Waals surface area (Å²) in [5.74, 6) is 1.67. The first kappa shape index (κ1) is 13.2. The predicted molar refractivity (Wildman–Crippen MR) is 82.2 cm³/mol. The summed E-state index contributed by atoms with van der Waals surface area (Å²) in [6, 6.07) is 17.0. The summed E-state index contributed by atoms with van der Waals surface area (Å²) in [7, 11) is 0. The third kappa shape index (κ3) is 2.70. The van der Waals surface area contributed by atoms with Gasteiger partial charge in [-0.25, -0.2) is 0 Å². The molecule has 0 amide bonds. The van der Waals surface area contributed by atoms with Gasteiger partial charge >= 0.3 is 0 Å². The topological polar surface area (TPSA) is 21.3 Å². The van der Waals surface area contributed by atoms with E-state index in [0.717, 1.165) is 18.8 Å². The first-order valence-electron chi connectivity index (χ1n) is 7.37. The number of nitrogens with one attached hydrogen (secondary N) is 1. The molecule has 0 heterocycles. The van der Waals surface area contributed by atoms with Crippen LogP contribution >= 0.6 is 0 Å². The average molecular weight is 267 g/mol. The van der Waals surface area contributed by atoms with Crippen LogP contribution in [0.3, 0.4) is 0 Å². The molecule has 0 aromatic heterocycles. The van der Waals surface area contributed by atoms with E-state index in [1.165, 1.54) is 23.1 Å². The van der Waals surface area contributed by atoms with Gasteiger partial charge in [-0.1, -0.05) is 42.5 Å². The molecule has 0 saturated heterocycles. The van der Waals surface area contributed by atoms with Crippen molar-refractivity contribution in [2.75, 3.05) is 13.2 Å². The van der Waals surface area contributed by atoms with E-state index >= 15 is 0 Å². The van der Waals surface area contributed by atoms with Crippen LogP contribution in [0.15, 0.2) is 48.5 Å². The quantitative estimate of drug-likeness (QED) is 0.864. The van der Waals surface area contributed by atoms with Crippen LogP contribution in [-0.4, -0.2) is 13.2 Å². The van der Waals surface area contributed by atoms with Crippen LogP contribution in [0.25, 0.3) is 0 Å². The fourth-order valence-corrected chi connectivity index (χ4v) is 2.87. The van der Waals surface area contributed by atoms with Gasteiger partial charge in [0.05, 0.1) is 6.61 Å². The number of rotatable bonds is 6. The molecule has 0 bridgehead atoms. The molecule has 2 heteroatoms. The summed E-state index contributed by atoms with van der Waals surface area (Å²) in [5, 5.41) is 3.56. The maximum Gasteiger partial charge on any atom is 0.123 e. The Labute approximate surface area is 120 Å². The largest absolute Gasteiger partial charge is 0.494 e. The van der Waals surface area contributed by atoms with Crippen molar-refractivity contribution in [3.63, 3.8) is 0 Å². The summed E-state index contributed by atoms with van der Waals surface area (Å²) in [4.78, 5) is 0. The molecular formula is C18H21NO. The normalized spacial score (nSPS) is 16.4. The Hall–Kier alpha value is -1.80. The smallest absolute Gasteiger partial charge is 0.123 e. The SMILES string of the molecule is CCOc1ccccc1CNCC1Cc2ccccc21. The Morgan fingerprint density at radius 1 is 1.10 bits per heavy atom. The lowest BCUT2D eigenvalue weighted by atomic mass is 9.77. The lowest BCUT2D eigenvalue weighted by Crippen LogP contribution is -2.28. The van der Waals surface area contributed by atoms with Crippen molar-refractivity contribution in [3.05, 3.63) is 65.2 Å². The van der Waals surface area contributed by atoms with Gasteiger partial charge in [0.2, 0.25) is 0 Å². The van der Waals surface area contributed by atoms with E-state index in [0.29, 0.717) is 12.5 Å². The monoisotopic (exact) mass is 267 g/mol. The van der Waals surface area contributed by atoms with Crippen LogP contribution in [0, 0.1) is 0 Å². The Morgan fingerprint density at radius 2 is 1.90 bits per heavy atom. The van der Waals surface area contributed by atoms with Crippen LogP contribution in [-0.2, 0) is 13.0 Å². The van der Waals surface area contributed by atoms with Gasteiger partial charge in [-0.05, 0) is 30.5 Å². The lowest BCUT2D eigenvalue weighted by Gasteiger charge is -2.30. The van der Waals surface area contributed by atoms with Crippen LogP contribution in [0.2, 0.25) is 0 Å². The zero-order valence-corrected chi connectivity index (χ0v) is 11.9. The number of ether oxygens (including phenoxy) is 1. The Bertz CT molecular complexity index is 579. The second-order valence-electron chi connectivity index (χ2n) is 5.27. The number of hydrogen-bond acceptors (Lipinski definition) is 2. The van der Waals surface area contributed by atoms with Crippen molar-refractivity contribution >= 4 is 0 Å². The molecule has 104 valence electrons. The molecule has 20 heavy (non-hydrogen) atoms. The first-order chi connectivity index (χ1) is 9.88. The fourth-order valence-electron chi connectivity index (χ4n) is 2.87. The Balaban J connectivity index is 1.54. The molecule has 0 aliphatic heterocycles. The average Bonchev–Trinajstić information content (AvgIpc) is 2.46. The molecule has 0 fully saturated rings. The van der Waals surface area contributed by atoms with Gasteiger partial charge in [-0.3, -0.25) is 0 Å². The van der Waals surface area contributed by atoms with Crippen LogP contribution in [0.5, 0.6) is 5.75 Å². The summed E-state index contributed by atoms with van der Waals surface area (Å²) in [6.45, 7) is 4.65. The second-order valence-corrected chi connectivity index (χ2v) is 5.27. The summed E-state index contributed by atoms with van der Waals surface area (Å²) < 4.78 is 5.65. The van der Waals surface area contributed by atoms with Crippen molar-refractivity contribution < 1.29 is 4.74 Å². The summed E-state index contributed by atoms with van der Waals surface area (Å²) >= 11 is 0. The number of fused-ring (bicyclic) bond motifs is 1. The van der Waals surface area contributed by atoms with Gasteiger partial charge in [0.1, 0.15) is 5.75 Å². The first-order valence-corrected chi connectivity index (χ1v) is 7.37. The third-order valence-electron chi connectivity index (χ3n) is 3.94. The third-order valence-corrected chi connectivity index (χ3v) is 3.94. The van der Waals surface area contributed by atoms with Crippen molar-refractivity contribution in [2.45, 2.75) is 25.8 Å². The molecule has 2 aromatic rings. The second kappa shape index (κ2) is 6.10. The molecule has 2 nitrogen and oxygen atoms in total. The van der Waals surface area contributed by atoms with Crippen molar-refractivity contribution in [1.29, 1.82) is 0 Å². The highest BCUT2D eigenvalue weighted by Crippen LogP contribution is 2.34. The van der Waals surface area contributed by atoms with Gasteiger partial charge in [0, 0.05) is 24.6 Å². The minimum atomic E-state index is 0.672. The summed E-state index contributed by atoms with van der Waals surface area (Å²) in [6.07, 6.45) is 1.20. The molecule has 1 aliphatic carbocycles. The molecule has 1 N–H and O–H groups in total. The molecule has 0 radical (unpaired) electrons. The minimum Gasteiger partial charge on any atom is -0.494 e. The molecule has 3 rings (SSSR count). The zero-order valence-electron chi connectivity index (χ0n) is 11.9. The number of benzene rings is 2. The van der Waals surface area contributed by atoms with E-state index in [4.69, 9.17) is 4.74 Å². The highest BCUT2D eigenvalue weighted by Gasteiger charge is 2.24. The fraction of sp³-hybridized carbons (Fsp3) is 0.333. The van der Waals surface area contributed by atoms with Gasteiger partial charge in [-0.15, -0.1) is 0 Å². The van der Waals surface area contributed by atoms with Gasteiger partial charge in [0.25, 0.3) is 0 Å². The van der Waals surface area contributed by atoms with Gasteiger partial charge < -0.3 is 10.1 Å².